The Kier molecular flexibility index (Phi) is 3.00. The molecule has 0 fully saturated rings. The molecule has 2 aromatic rings. The van der Waals surface area contributed by atoms with E-state index >= 15 is 0 Å². The number of phenolic OH excluding ortho intramolecular Hbond substituents is 1. The second-order valence-electron chi connectivity index (χ2n) is 3.41. The third-order valence-corrected chi connectivity index (χ3v) is 2.10. The third-order valence-electron chi connectivity index (χ3n) is 2.10. The van der Waals surface area contributed by atoms with Crippen LogP contribution in [0.25, 0.3) is 0 Å². The summed E-state index contributed by atoms with van der Waals surface area (Å²) in [7, 11) is 0. The van der Waals surface area contributed by atoms with Crippen molar-refractivity contribution in [2.45, 2.75) is 6.54 Å². The molecule has 0 aliphatic heterocycles. The summed E-state index contributed by atoms with van der Waals surface area (Å²) in [6, 6.07) is 7.65. The lowest BCUT2D eigenvalue weighted by Gasteiger charge is -2.06. The normalized spacial score (nSPS) is 10.1. The topological polar surface area (TPSA) is 45.1 Å². The van der Waals surface area contributed by atoms with Gasteiger partial charge in [0.1, 0.15) is 11.6 Å². The number of hydrogen-bond donors (Lipinski definition) is 2. The van der Waals surface area contributed by atoms with Gasteiger partial charge in [0, 0.05) is 25.0 Å². The highest BCUT2D eigenvalue weighted by Gasteiger charge is 1.99. The zero-order valence-electron chi connectivity index (χ0n) is 8.52. The van der Waals surface area contributed by atoms with Crippen molar-refractivity contribution in [2.75, 3.05) is 5.32 Å². The second-order valence-corrected chi connectivity index (χ2v) is 3.41. The number of nitrogens with one attached hydrogen (secondary N) is 1. The Morgan fingerprint density at radius 1 is 1.31 bits per heavy atom. The van der Waals surface area contributed by atoms with E-state index in [4.69, 9.17) is 0 Å². The Labute approximate surface area is 92.6 Å². The summed E-state index contributed by atoms with van der Waals surface area (Å²) in [6.45, 7) is 0.441. The minimum absolute atomic E-state index is 0.0667. The number of aromatic hydroxyl groups is 1. The molecule has 0 aliphatic rings. The van der Waals surface area contributed by atoms with Crippen LogP contribution in [0.4, 0.5) is 10.1 Å². The first kappa shape index (κ1) is 10.4. The summed E-state index contributed by atoms with van der Waals surface area (Å²) in [5, 5.41) is 12.3. The molecule has 0 aliphatic carbocycles. The lowest BCUT2D eigenvalue weighted by Crippen LogP contribution is -1.99. The van der Waals surface area contributed by atoms with Gasteiger partial charge in [-0.3, -0.25) is 4.98 Å². The zero-order valence-corrected chi connectivity index (χ0v) is 8.52. The monoisotopic (exact) mass is 218 g/mol. The first-order valence-corrected chi connectivity index (χ1v) is 4.86. The Morgan fingerprint density at radius 3 is 2.88 bits per heavy atom. The van der Waals surface area contributed by atoms with E-state index in [1.807, 2.05) is 12.1 Å². The maximum Gasteiger partial charge on any atom is 0.127 e. The van der Waals surface area contributed by atoms with E-state index in [0.29, 0.717) is 12.1 Å². The molecule has 3 nitrogen and oxygen atoms in total. The van der Waals surface area contributed by atoms with E-state index < -0.39 is 5.82 Å². The summed E-state index contributed by atoms with van der Waals surface area (Å²) in [5.74, 6) is -0.508. The van der Waals surface area contributed by atoms with E-state index in [1.165, 1.54) is 12.1 Å². The minimum Gasteiger partial charge on any atom is -0.508 e. The number of benzene rings is 1. The molecule has 0 saturated carbocycles. The second kappa shape index (κ2) is 4.61. The maximum absolute atomic E-state index is 13.0. The summed E-state index contributed by atoms with van der Waals surface area (Å²) in [4.78, 5) is 3.95. The quantitative estimate of drug-likeness (QED) is 0.832. The highest BCUT2D eigenvalue weighted by Crippen LogP contribution is 2.15. The number of hydrogen-bond acceptors (Lipinski definition) is 3. The van der Waals surface area contributed by atoms with Crippen LogP contribution in [0.3, 0.4) is 0 Å². The number of nitrogens with zero attached hydrogens (tertiary/aromatic N) is 1. The van der Waals surface area contributed by atoms with Crippen LogP contribution < -0.4 is 5.32 Å². The Morgan fingerprint density at radius 2 is 2.19 bits per heavy atom. The maximum atomic E-state index is 13.0. The van der Waals surface area contributed by atoms with Crippen LogP contribution in [0.5, 0.6) is 5.75 Å². The van der Waals surface area contributed by atoms with Crippen LogP contribution in [-0.4, -0.2) is 10.1 Å². The molecule has 2 N–H and O–H groups in total. The van der Waals surface area contributed by atoms with E-state index in [-0.39, 0.29) is 5.75 Å². The van der Waals surface area contributed by atoms with Crippen LogP contribution in [-0.2, 0) is 6.54 Å². The zero-order chi connectivity index (χ0) is 11.4. The van der Waals surface area contributed by atoms with Gasteiger partial charge in [0.2, 0.25) is 0 Å². The van der Waals surface area contributed by atoms with Gasteiger partial charge in [-0.2, -0.15) is 0 Å². The van der Waals surface area contributed by atoms with E-state index in [1.54, 1.807) is 12.4 Å². The van der Waals surface area contributed by atoms with Gasteiger partial charge in [-0.05, 0) is 29.8 Å². The van der Waals surface area contributed by atoms with Crippen LogP contribution in [0.2, 0.25) is 0 Å². The third kappa shape index (κ3) is 2.70. The van der Waals surface area contributed by atoms with Gasteiger partial charge in [0.15, 0.2) is 0 Å². The van der Waals surface area contributed by atoms with Crippen molar-refractivity contribution in [3.8, 4) is 5.75 Å². The molecule has 0 bridgehead atoms. The summed E-state index contributed by atoms with van der Waals surface area (Å²) in [6.07, 6.45) is 3.36. The molecule has 0 amide bonds. The van der Waals surface area contributed by atoms with Gasteiger partial charge >= 0.3 is 0 Å². The van der Waals surface area contributed by atoms with Gasteiger partial charge in [-0.15, -0.1) is 0 Å². The first-order chi connectivity index (χ1) is 7.74. The molecule has 0 radical (unpaired) electrons. The van der Waals surface area contributed by atoms with E-state index in [0.717, 1.165) is 11.8 Å². The van der Waals surface area contributed by atoms with Crippen LogP contribution in [0, 0.1) is 5.82 Å². The minimum atomic E-state index is -0.442. The van der Waals surface area contributed by atoms with Crippen LogP contribution >= 0.6 is 0 Å². The van der Waals surface area contributed by atoms with Crippen molar-refractivity contribution in [1.29, 1.82) is 0 Å². The van der Waals surface area contributed by atoms with Crippen molar-refractivity contribution in [3.05, 3.63) is 54.1 Å². The van der Waals surface area contributed by atoms with Gasteiger partial charge in [0.25, 0.3) is 0 Å². The molecule has 0 saturated heterocycles. The Hall–Kier alpha value is -2.10. The van der Waals surface area contributed by atoms with Crippen LogP contribution in [0.15, 0.2) is 42.7 Å². The fourth-order valence-corrected chi connectivity index (χ4v) is 1.41. The molecule has 1 aromatic carbocycles. The first-order valence-electron chi connectivity index (χ1n) is 4.86. The van der Waals surface area contributed by atoms with Gasteiger partial charge < -0.3 is 10.4 Å². The number of rotatable bonds is 3. The summed E-state index contributed by atoms with van der Waals surface area (Å²) < 4.78 is 13.0. The predicted molar refractivity (Wildman–Crippen MR) is 59.6 cm³/mol. The molecule has 0 atom stereocenters. The molecule has 2 rings (SSSR count). The van der Waals surface area contributed by atoms with Gasteiger partial charge in [0.05, 0.1) is 5.69 Å². The molecular weight excluding hydrogens is 207 g/mol. The Bertz CT molecular complexity index is 453. The van der Waals surface area contributed by atoms with Gasteiger partial charge in [-0.25, -0.2) is 4.39 Å². The van der Waals surface area contributed by atoms with Crippen LogP contribution in [0.1, 0.15) is 5.56 Å². The molecule has 0 spiro atoms. The summed E-state index contributed by atoms with van der Waals surface area (Å²) in [5.41, 5.74) is 1.53. The molecule has 1 aromatic heterocycles. The number of halogens is 1. The molecule has 16 heavy (non-hydrogen) atoms. The molecule has 4 heteroatoms. The summed E-state index contributed by atoms with van der Waals surface area (Å²) >= 11 is 0. The number of phenols is 1. The lowest BCUT2D eigenvalue weighted by atomic mass is 10.2. The predicted octanol–water partition coefficient (Wildman–Crippen LogP) is 2.54. The highest BCUT2D eigenvalue weighted by atomic mass is 19.1. The average molecular weight is 218 g/mol. The lowest BCUT2D eigenvalue weighted by molar-refractivity contribution is 0.468. The van der Waals surface area contributed by atoms with E-state index in [9.17, 15) is 9.50 Å². The molecule has 82 valence electrons. The van der Waals surface area contributed by atoms with Crippen molar-refractivity contribution < 1.29 is 9.50 Å². The largest absolute Gasteiger partial charge is 0.508 e. The number of aromatic nitrogens is 1. The highest BCUT2D eigenvalue weighted by molar-refractivity contribution is 5.41. The standard InChI is InChI=1S/C12H11FN2O/c13-10-4-9(5-12(16)6-10)7-15-11-2-1-3-14-8-11/h1-6,8,15-16H,7H2. The van der Waals surface area contributed by atoms with Crippen molar-refractivity contribution in [3.63, 3.8) is 0 Å². The van der Waals surface area contributed by atoms with Crippen molar-refractivity contribution in [1.82, 2.24) is 4.98 Å². The fraction of sp³-hybridized carbons (Fsp3) is 0.0833. The average Bonchev–Trinajstić information content (AvgIpc) is 2.27. The van der Waals surface area contributed by atoms with Crippen molar-refractivity contribution in [2.24, 2.45) is 0 Å². The van der Waals surface area contributed by atoms with Crippen molar-refractivity contribution >= 4 is 5.69 Å². The smallest absolute Gasteiger partial charge is 0.127 e. The molecule has 0 unspecified atom stereocenters. The van der Waals surface area contributed by atoms with E-state index in [2.05, 4.69) is 10.3 Å². The fourth-order valence-electron chi connectivity index (χ4n) is 1.41. The molecular formula is C12H11FN2O. The Balaban J connectivity index is 2.05. The molecule has 1 heterocycles. The number of pyridine rings is 1. The SMILES string of the molecule is Oc1cc(F)cc(CNc2cccnc2)c1. The van der Waals surface area contributed by atoms with Gasteiger partial charge in [-0.1, -0.05) is 0 Å². The number of anilines is 1.